The van der Waals surface area contributed by atoms with Crippen molar-refractivity contribution in [1.82, 2.24) is 15.1 Å². The average molecular weight is 243 g/mol. The molecule has 0 radical (unpaired) electrons. The van der Waals surface area contributed by atoms with Gasteiger partial charge >= 0.3 is 0 Å². The molecule has 0 bridgehead atoms. The van der Waals surface area contributed by atoms with Gasteiger partial charge in [-0.1, -0.05) is 0 Å². The summed E-state index contributed by atoms with van der Waals surface area (Å²) >= 11 is 0. The summed E-state index contributed by atoms with van der Waals surface area (Å²) in [7, 11) is 0. The zero-order valence-corrected chi connectivity index (χ0v) is 10.3. The summed E-state index contributed by atoms with van der Waals surface area (Å²) in [5.74, 6) is 0.959. The number of hydrogen-bond donors (Lipinski definition) is 0. The highest BCUT2D eigenvalue weighted by Crippen LogP contribution is 2.20. The molecule has 2 heterocycles. The molecule has 0 amide bonds. The van der Waals surface area contributed by atoms with E-state index < -0.39 is 0 Å². The third-order valence-corrected chi connectivity index (χ3v) is 2.58. The standard InChI is InChI=1S/C12H13N5O/c1-3-17(4-2)12-15-11(18-16-12)9-5-6-14-10(7-9)8-13/h5-7H,3-4H2,1-2H3. The summed E-state index contributed by atoms with van der Waals surface area (Å²) in [4.78, 5) is 10.2. The van der Waals surface area contributed by atoms with Crippen LogP contribution in [0, 0.1) is 11.3 Å². The monoisotopic (exact) mass is 243 g/mol. The minimum absolute atomic E-state index is 0.329. The molecule has 18 heavy (non-hydrogen) atoms. The van der Waals surface area contributed by atoms with Crippen molar-refractivity contribution in [3.63, 3.8) is 0 Å². The Morgan fingerprint density at radius 1 is 1.39 bits per heavy atom. The van der Waals surface area contributed by atoms with Crippen LogP contribution in [0.5, 0.6) is 0 Å². The van der Waals surface area contributed by atoms with Crippen molar-refractivity contribution in [2.24, 2.45) is 0 Å². The number of anilines is 1. The molecule has 0 saturated carbocycles. The quantitative estimate of drug-likeness (QED) is 0.815. The van der Waals surface area contributed by atoms with Crippen LogP contribution in [0.3, 0.4) is 0 Å². The Morgan fingerprint density at radius 3 is 2.83 bits per heavy atom. The molecule has 0 aliphatic rings. The zero-order chi connectivity index (χ0) is 13.0. The SMILES string of the molecule is CCN(CC)c1noc(-c2ccnc(C#N)c2)n1. The summed E-state index contributed by atoms with van der Waals surface area (Å²) < 4.78 is 5.19. The lowest BCUT2D eigenvalue weighted by Crippen LogP contribution is -2.22. The van der Waals surface area contributed by atoms with E-state index in [2.05, 4.69) is 15.1 Å². The molecule has 2 aromatic rings. The van der Waals surface area contributed by atoms with Gasteiger partial charge < -0.3 is 9.42 Å². The van der Waals surface area contributed by atoms with Crippen LogP contribution in [0.2, 0.25) is 0 Å². The highest BCUT2D eigenvalue weighted by Gasteiger charge is 2.13. The van der Waals surface area contributed by atoms with E-state index in [0.29, 0.717) is 23.1 Å². The van der Waals surface area contributed by atoms with Gasteiger partial charge in [0.15, 0.2) is 0 Å². The topological polar surface area (TPSA) is 78.8 Å². The first-order chi connectivity index (χ1) is 8.78. The highest BCUT2D eigenvalue weighted by atomic mass is 16.5. The molecule has 0 atom stereocenters. The molecule has 6 heteroatoms. The second-order valence-corrected chi connectivity index (χ2v) is 3.61. The van der Waals surface area contributed by atoms with E-state index in [9.17, 15) is 0 Å². The summed E-state index contributed by atoms with van der Waals surface area (Å²) in [5.41, 5.74) is 1.03. The van der Waals surface area contributed by atoms with E-state index in [0.717, 1.165) is 13.1 Å². The molecule has 0 unspecified atom stereocenters. The van der Waals surface area contributed by atoms with Crippen molar-refractivity contribution in [3.05, 3.63) is 24.0 Å². The number of nitriles is 1. The Hall–Kier alpha value is -2.42. The van der Waals surface area contributed by atoms with Crippen molar-refractivity contribution in [2.75, 3.05) is 18.0 Å². The molecule has 0 saturated heterocycles. The van der Waals surface area contributed by atoms with Gasteiger partial charge in [0.05, 0.1) is 0 Å². The van der Waals surface area contributed by atoms with Crippen molar-refractivity contribution in [3.8, 4) is 17.5 Å². The highest BCUT2D eigenvalue weighted by molar-refractivity contribution is 5.55. The van der Waals surface area contributed by atoms with Crippen molar-refractivity contribution < 1.29 is 4.52 Å². The molecular formula is C12H13N5O. The largest absolute Gasteiger partial charge is 0.339 e. The third-order valence-electron chi connectivity index (χ3n) is 2.58. The van der Waals surface area contributed by atoms with Crippen LogP contribution < -0.4 is 4.90 Å². The van der Waals surface area contributed by atoms with Crippen LogP contribution in [0.15, 0.2) is 22.9 Å². The maximum Gasteiger partial charge on any atom is 0.266 e. The fourth-order valence-corrected chi connectivity index (χ4v) is 1.59. The lowest BCUT2D eigenvalue weighted by Gasteiger charge is -2.14. The van der Waals surface area contributed by atoms with Crippen LogP contribution in [-0.4, -0.2) is 28.2 Å². The van der Waals surface area contributed by atoms with Gasteiger partial charge in [0.25, 0.3) is 11.8 Å². The maximum absolute atomic E-state index is 8.79. The van der Waals surface area contributed by atoms with E-state index >= 15 is 0 Å². The fourth-order valence-electron chi connectivity index (χ4n) is 1.59. The minimum Gasteiger partial charge on any atom is -0.339 e. The van der Waals surface area contributed by atoms with E-state index in [-0.39, 0.29) is 0 Å². The van der Waals surface area contributed by atoms with Gasteiger partial charge in [0, 0.05) is 24.8 Å². The van der Waals surface area contributed by atoms with Gasteiger partial charge in [-0.05, 0) is 31.1 Å². The predicted octanol–water partition coefficient (Wildman–Crippen LogP) is 1.85. The van der Waals surface area contributed by atoms with Crippen molar-refractivity contribution in [1.29, 1.82) is 5.26 Å². The normalized spacial score (nSPS) is 10.1. The Balaban J connectivity index is 2.32. The first-order valence-electron chi connectivity index (χ1n) is 5.73. The predicted molar refractivity (Wildman–Crippen MR) is 65.8 cm³/mol. The number of aromatic nitrogens is 3. The van der Waals surface area contributed by atoms with Gasteiger partial charge in [-0.3, -0.25) is 0 Å². The lowest BCUT2D eigenvalue weighted by molar-refractivity contribution is 0.429. The molecular weight excluding hydrogens is 230 g/mol. The van der Waals surface area contributed by atoms with Gasteiger partial charge in [-0.15, -0.1) is 0 Å². The van der Waals surface area contributed by atoms with Crippen molar-refractivity contribution in [2.45, 2.75) is 13.8 Å². The van der Waals surface area contributed by atoms with Crippen LogP contribution >= 0.6 is 0 Å². The van der Waals surface area contributed by atoms with Crippen LogP contribution in [-0.2, 0) is 0 Å². The Morgan fingerprint density at radius 2 is 2.17 bits per heavy atom. The third kappa shape index (κ3) is 2.30. The first-order valence-corrected chi connectivity index (χ1v) is 5.73. The molecule has 0 spiro atoms. The van der Waals surface area contributed by atoms with Gasteiger partial charge in [0.2, 0.25) is 0 Å². The maximum atomic E-state index is 8.79. The summed E-state index contributed by atoms with van der Waals surface area (Å²) in [6.07, 6.45) is 1.55. The molecule has 6 nitrogen and oxygen atoms in total. The van der Waals surface area contributed by atoms with Crippen LogP contribution in [0.25, 0.3) is 11.5 Å². The second kappa shape index (κ2) is 5.27. The van der Waals surface area contributed by atoms with Crippen LogP contribution in [0.4, 0.5) is 5.95 Å². The molecule has 0 aromatic carbocycles. The smallest absolute Gasteiger partial charge is 0.266 e. The lowest BCUT2D eigenvalue weighted by atomic mass is 10.2. The molecule has 0 N–H and O–H groups in total. The molecule has 92 valence electrons. The molecule has 2 aromatic heterocycles. The molecule has 0 fully saturated rings. The average Bonchev–Trinajstić information content (AvgIpc) is 2.90. The van der Waals surface area contributed by atoms with E-state index in [1.54, 1.807) is 18.3 Å². The Labute approximate surface area is 105 Å². The minimum atomic E-state index is 0.329. The second-order valence-electron chi connectivity index (χ2n) is 3.61. The van der Waals surface area contributed by atoms with E-state index in [1.165, 1.54) is 0 Å². The molecule has 0 aliphatic carbocycles. The van der Waals surface area contributed by atoms with Crippen molar-refractivity contribution >= 4 is 5.95 Å². The van der Waals surface area contributed by atoms with Crippen LogP contribution in [0.1, 0.15) is 19.5 Å². The fraction of sp³-hybridized carbons (Fsp3) is 0.333. The Kier molecular flexibility index (Phi) is 3.53. The molecule has 2 rings (SSSR count). The number of nitrogens with zero attached hydrogens (tertiary/aromatic N) is 5. The van der Waals surface area contributed by atoms with Gasteiger partial charge in [-0.25, -0.2) is 4.98 Å². The van der Waals surface area contributed by atoms with E-state index in [1.807, 2.05) is 24.8 Å². The van der Waals surface area contributed by atoms with Gasteiger partial charge in [-0.2, -0.15) is 10.2 Å². The van der Waals surface area contributed by atoms with Gasteiger partial charge in [0.1, 0.15) is 11.8 Å². The Bertz CT molecular complexity index is 568. The summed E-state index contributed by atoms with van der Waals surface area (Å²) in [6.45, 7) is 5.68. The number of rotatable bonds is 4. The number of pyridine rings is 1. The van der Waals surface area contributed by atoms with E-state index in [4.69, 9.17) is 9.78 Å². The summed E-state index contributed by atoms with van der Waals surface area (Å²) in [5, 5.41) is 12.7. The number of hydrogen-bond acceptors (Lipinski definition) is 6. The molecule has 0 aliphatic heterocycles. The first kappa shape index (κ1) is 12.0. The zero-order valence-electron chi connectivity index (χ0n) is 10.3. The summed E-state index contributed by atoms with van der Waals surface area (Å²) in [6, 6.07) is 5.34.